The minimum absolute atomic E-state index is 0.347. The van der Waals surface area contributed by atoms with Gasteiger partial charge >= 0.3 is 0 Å². The summed E-state index contributed by atoms with van der Waals surface area (Å²) >= 11 is 3.35. The van der Waals surface area contributed by atoms with Crippen molar-refractivity contribution < 1.29 is 5.11 Å². The Hall–Kier alpha value is -0.410. The van der Waals surface area contributed by atoms with Crippen molar-refractivity contribution in [2.45, 2.75) is 31.8 Å². The predicted molar refractivity (Wildman–Crippen MR) is 58.9 cm³/mol. The Morgan fingerprint density at radius 2 is 2.29 bits per heavy atom. The number of halogens is 1. The second-order valence-electron chi connectivity index (χ2n) is 3.97. The van der Waals surface area contributed by atoms with Crippen LogP contribution in [0.4, 0.5) is 0 Å². The molecule has 3 heteroatoms. The van der Waals surface area contributed by atoms with E-state index in [0.717, 1.165) is 28.8 Å². The highest BCUT2D eigenvalue weighted by atomic mass is 79.9. The lowest BCUT2D eigenvalue weighted by Gasteiger charge is -2.09. The first-order valence-corrected chi connectivity index (χ1v) is 5.83. The lowest BCUT2D eigenvalue weighted by atomic mass is 10.1. The Balaban J connectivity index is 1.91. The second-order valence-corrected chi connectivity index (χ2v) is 4.89. The Morgan fingerprint density at radius 3 is 2.93 bits per heavy atom. The maximum Gasteiger partial charge on any atom is 0.0805 e. The SMILES string of the molecule is OC(CCC1CC1)c1cncc(Br)c1. The third-order valence-electron chi connectivity index (χ3n) is 2.66. The van der Waals surface area contributed by atoms with Gasteiger partial charge in [0.15, 0.2) is 0 Å². The fourth-order valence-electron chi connectivity index (χ4n) is 1.58. The highest BCUT2D eigenvalue weighted by molar-refractivity contribution is 9.10. The van der Waals surface area contributed by atoms with E-state index in [9.17, 15) is 5.11 Å². The molecule has 1 aromatic rings. The van der Waals surface area contributed by atoms with E-state index in [-0.39, 0.29) is 6.10 Å². The van der Waals surface area contributed by atoms with Crippen LogP contribution in [-0.4, -0.2) is 10.1 Å². The summed E-state index contributed by atoms with van der Waals surface area (Å²) in [6.45, 7) is 0. The molecule has 1 fully saturated rings. The van der Waals surface area contributed by atoms with Crippen molar-refractivity contribution in [1.82, 2.24) is 4.98 Å². The van der Waals surface area contributed by atoms with Crippen LogP contribution in [0.15, 0.2) is 22.9 Å². The van der Waals surface area contributed by atoms with Crippen LogP contribution in [0.25, 0.3) is 0 Å². The molecule has 0 radical (unpaired) electrons. The average molecular weight is 256 g/mol. The van der Waals surface area contributed by atoms with Crippen molar-refractivity contribution in [3.05, 3.63) is 28.5 Å². The first kappa shape index (κ1) is 10.1. The first-order chi connectivity index (χ1) is 6.75. The van der Waals surface area contributed by atoms with E-state index in [4.69, 9.17) is 0 Å². The monoisotopic (exact) mass is 255 g/mol. The summed E-state index contributed by atoms with van der Waals surface area (Å²) in [6, 6.07) is 1.94. The fraction of sp³-hybridized carbons (Fsp3) is 0.545. The lowest BCUT2D eigenvalue weighted by Crippen LogP contribution is -1.98. The van der Waals surface area contributed by atoms with Crippen LogP contribution in [0.3, 0.4) is 0 Å². The molecule has 14 heavy (non-hydrogen) atoms. The van der Waals surface area contributed by atoms with Crippen LogP contribution in [0.1, 0.15) is 37.4 Å². The topological polar surface area (TPSA) is 33.1 Å². The number of pyridine rings is 1. The molecule has 1 N–H and O–H groups in total. The van der Waals surface area contributed by atoms with Crippen molar-refractivity contribution in [2.24, 2.45) is 5.92 Å². The van der Waals surface area contributed by atoms with E-state index in [0.29, 0.717) is 0 Å². The van der Waals surface area contributed by atoms with Crippen molar-refractivity contribution >= 4 is 15.9 Å². The molecule has 1 aliphatic rings. The largest absolute Gasteiger partial charge is 0.388 e. The van der Waals surface area contributed by atoms with Crippen LogP contribution >= 0.6 is 15.9 Å². The van der Waals surface area contributed by atoms with E-state index in [1.54, 1.807) is 12.4 Å². The van der Waals surface area contributed by atoms with Crippen LogP contribution in [0.5, 0.6) is 0 Å². The van der Waals surface area contributed by atoms with E-state index in [1.165, 1.54) is 12.8 Å². The van der Waals surface area contributed by atoms with Gasteiger partial charge in [-0.25, -0.2) is 0 Å². The van der Waals surface area contributed by atoms with Crippen LogP contribution < -0.4 is 0 Å². The molecule has 0 spiro atoms. The van der Waals surface area contributed by atoms with Crippen molar-refractivity contribution in [3.8, 4) is 0 Å². The summed E-state index contributed by atoms with van der Waals surface area (Å²) in [6.07, 6.45) is 7.84. The van der Waals surface area contributed by atoms with E-state index in [1.807, 2.05) is 6.07 Å². The molecule has 76 valence electrons. The predicted octanol–water partition coefficient (Wildman–Crippen LogP) is 3.07. The molecule has 0 saturated heterocycles. The van der Waals surface area contributed by atoms with Gasteiger partial charge in [0.05, 0.1) is 6.10 Å². The molecule has 1 heterocycles. The summed E-state index contributed by atoms with van der Waals surface area (Å²) in [7, 11) is 0. The van der Waals surface area contributed by atoms with Crippen molar-refractivity contribution in [3.63, 3.8) is 0 Å². The summed E-state index contributed by atoms with van der Waals surface area (Å²) in [4.78, 5) is 4.04. The van der Waals surface area contributed by atoms with E-state index in [2.05, 4.69) is 20.9 Å². The summed E-state index contributed by atoms with van der Waals surface area (Å²) < 4.78 is 0.931. The van der Waals surface area contributed by atoms with Crippen molar-refractivity contribution in [2.75, 3.05) is 0 Å². The molecule has 0 aromatic carbocycles. The number of aliphatic hydroxyl groups excluding tert-OH is 1. The molecular weight excluding hydrogens is 242 g/mol. The third-order valence-corrected chi connectivity index (χ3v) is 3.09. The normalized spacial score (nSPS) is 18.1. The molecule has 1 aromatic heterocycles. The van der Waals surface area contributed by atoms with Crippen LogP contribution in [0, 0.1) is 5.92 Å². The molecule has 0 amide bonds. The Bertz CT molecular complexity index is 312. The number of hydrogen-bond acceptors (Lipinski definition) is 2. The highest BCUT2D eigenvalue weighted by Gasteiger charge is 2.22. The second kappa shape index (κ2) is 4.41. The third kappa shape index (κ3) is 2.79. The minimum Gasteiger partial charge on any atom is -0.388 e. The summed E-state index contributed by atoms with van der Waals surface area (Å²) in [5.41, 5.74) is 0.917. The summed E-state index contributed by atoms with van der Waals surface area (Å²) in [5, 5.41) is 9.86. The standard InChI is InChI=1S/C11H14BrNO/c12-10-5-9(6-13-7-10)11(14)4-3-8-1-2-8/h5-8,11,14H,1-4H2. The molecule has 2 nitrogen and oxygen atoms in total. The Morgan fingerprint density at radius 1 is 1.50 bits per heavy atom. The zero-order chi connectivity index (χ0) is 9.97. The van der Waals surface area contributed by atoms with Gasteiger partial charge in [-0.05, 0) is 46.3 Å². The van der Waals surface area contributed by atoms with Gasteiger partial charge < -0.3 is 5.11 Å². The number of hydrogen-bond donors (Lipinski definition) is 1. The first-order valence-electron chi connectivity index (χ1n) is 5.04. The maximum atomic E-state index is 9.86. The highest BCUT2D eigenvalue weighted by Crippen LogP contribution is 2.35. The zero-order valence-corrected chi connectivity index (χ0v) is 9.57. The zero-order valence-electron chi connectivity index (χ0n) is 7.99. The molecule has 0 bridgehead atoms. The lowest BCUT2D eigenvalue weighted by molar-refractivity contribution is 0.162. The van der Waals surface area contributed by atoms with Crippen LogP contribution in [0.2, 0.25) is 0 Å². The molecule has 1 aliphatic carbocycles. The number of aliphatic hydroxyl groups is 1. The molecule has 1 unspecified atom stereocenters. The van der Waals surface area contributed by atoms with Gasteiger partial charge in [-0.3, -0.25) is 4.98 Å². The molecule has 2 rings (SSSR count). The fourth-order valence-corrected chi connectivity index (χ4v) is 1.96. The minimum atomic E-state index is -0.347. The number of nitrogens with zero attached hydrogens (tertiary/aromatic N) is 1. The Kier molecular flexibility index (Phi) is 3.19. The van der Waals surface area contributed by atoms with Gasteiger partial charge in [0.2, 0.25) is 0 Å². The molecule has 0 aliphatic heterocycles. The maximum absolute atomic E-state index is 9.86. The van der Waals surface area contributed by atoms with Gasteiger partial charge in [0.1, 0.15) is 0 Å². The quantitative estimate of drug-likeness (QED) is 0.898. The van der Waals surface area contributed by atoms with Gasteiger partial charge in [-0.2, -0.15) is 0 Å². The summed E-state index contributed by atoms with van der Waals surface area (Å²) in [5.74, 6) is 0.879. The van der Waals surface area contributed by atoms with Crippen molar-refractivity contribution in [1.29, 1.82) is 0 Å². The molecule has 1 saturated carbocycles. The molecule has 1 atom stereocenters. The van der Waals surface area contributed by atoms with Crippen LogP contribution in [-0.2, 0) is 0 Å². The number of rotatable bonds is 4. The van der Waals surface area contributed by atoms with Gasteiger partial charge in [-0.1, -0.05) is 12.8 Å². The molecular formula is C11H14BrNO. The van der Waals surface area contributed by atoms with Gasteiger partial charge in [0, 0.05) is 16.9 Å². The smallest absolute Gasteiger partial charge is 0.0805 e. The van der Waals surface area contributed by atoms with E-state index >= 15 is 0 Å². The van der Waals surface area contributed by atoms with Gasteiger partial charge in [0.25, 0.3) is 0 Å². The number of aromatic nitrogens is 1. The average Bonchev–Trinajstić information content (AvgIpc) is 2.97. The van der Waals surface area contributed by atoms with Gasteiger partial charge in [-0.15, -0.1) is 0 Å². The van der Waals surface area contributed by atoms with E-state index < -0.39 is 0 Å². The Labute approximate surface area is 92.5 Å².